The van der Waals surface area contributed by atoms with Crippen molar-refractivity contribution in [2.24, 2.45) is 0 Å². The first-order valence-electron chi connectivity index (χ1n) is 8.21. The van der Waals surface area contributed by atoms with Crippen LogP contribution < -0.4 is 10.6 Å². The zero-order chi connectivity index (χ0) is 13.6. The van der Waals surface area contributed by atoms with Crippen LogP contribution in [0.4, 0.5) is 5.69 Å². The standard InChI is InChI=1S/C17H27N3/c1-2-11-20(12-3-1)13-10-18-14-16-7-4-6-15-8-5-9-19-17(15)16/h4,6-7,18-19H,1-3,5,8-14H2. The molecule has 3 heteroatoms. The van der Waals surface area contributed by atoms with E-state index in [1.165, 1.54) is 68.6 Å². The Bertz CT molecular complexity index is 424. The van der Waals surface area contributed by atoms with E-state index in [1.54, 1.807) is 0 Å². The third-order valence-corrected chi connectivity index (χ3v) is 4.53. The van der Waals surface area contributed by atoms with E-state index in [4.69, 9.17) is 0 Å². The third-order valence-electron chi connectivity index (χ3n) is 4.53. The predicted octanol–water partition coefficient (Wildman–Crippen LogP) is 2.62. The van der Waals surface area contributed by atoms with Crippen molar-refractivity contribution >= 4 is 5.69 Å². The summed E-state index contributed by atoms with van der Waals surface area (Å²) in [6, 6.07) is 6.72. The summed E-state index contributed by atoms with van der Waals surface area (Å²) in [5.41, 5.74) is 4.32. The fourth-order valence-electron chi connectivity index (χ4n) is 3.37. The highest BCUT2D eigenvalue weighted by molar-refractivity contribution is 5.59. The Morgan fingerprint density at radius 2 is 2.00 bits per heavy atom. The first kappa shape index (κ1) is 13.9. The quantitative estimate of drug-likeness (QED) is 0.808. The largest absolute Gasteiger partial charge is 0.385 e. The molecular weight excluding hydrogens is 246 g/mol. The lowest BCUT2D eigenvalue weighted by Gasteiger charge is -2.26. The van der Waals surface area contributed by atoms with Crippen molar-refractivity contribution in [3.8, 4) is 0 Å². The fraction of sp³-hybridized carbons (Fsp3) is 0.647. The molecule has 0 aliphatic carbocycles. The van der Waals surface area contributed by atoms with Crippen LogP contribution in [0.15, 0.2) is 18.2 Å². The van der Waals surface area contributed by atoms with Gasteiger partial charge in [0.25, 0.3) is 0 Å². The van der Waals surface area contributed by atoms with E-state index >= 15 is 0 Å². The summed E-state index contributed by atoms with van der Waals surface area (Å²) in [4.78, 5) is 2.59. The van der Waals surface area contributed by atoms with Crippen LogP contribution in [0.3, 0.4) is 0 Å². The molecule has 0 atom stereocenters. The zero-order valence-corrected chi connectivity index (χ0v) is 12.5. The van der Waals surface area contributed by atoms with E-state index in [0.717, 1.165) is 19.6 Å². The number of nitrogens with zero attached hydrogens (tertiary/aromatic N) is 1. The van der Waals surface area contributed by atoms with Gasteiger partial charge in [0.05, 0.1) is 0 Å². The van der Waals surface area contributed by atoms with Gasteiger partial charge in [-0.1, -0.05) is 24.6 Å². The molecule has 3 nitrogen and oxygen atoms in total. The van der Waals surface area contributed by atoms with Gasteiger partial charge in [0, 0.05) is 31.9 Å². The van der Waals surface area contributed by atoms with Crippen LogP contribution >= 0.6 is 0 Å². The van der Waals surface area contributed by atoms with Crippen molar-refractivity contribution in [2.75, 3.05) is 38.0 Å². The number of hydrogen-bond donors (Lipinski definition) is 2. The van der Waals surface area contributed by atoms with Crippen LogP contribution in [0.1, 0.15) is 36.8 Å². The smallest absolute Gasteiger partial charge is 0.0418 e. The Morgan fingerprint density at radius 3 is 2.90 bits per heavy atom. The second-order valence-electron chi connectivity index (χ2n) is 6.06. The van der Waals surface area contributed by atoms with Gasteiger partial charge in [-0.2, -0.15) is 0 Å². The molecule has 0 unspecified atom stereocenters. The van der Waals surface area contributed by atoms with Gasteiger partial charge in [0.15, 0.2) is 0 Å². The maximum Gasteiger partial charge on any atom is 0.0418 e. The van der Waals surface area contributed by atoms with Crippen LogP contribution in [-0.2, 0) is 13.0 Å². The van der Waals surface area contributed by atoms with Crippen LogP contribution in [-0.4, -0.2) is 37.6 Å². The lowest BCUT2D eigenvalue weighted by atomic mass is 9.99. The van der Waals surface area contributed by atoms with Crippen molar-refractivity contribution in [3.63, 3.8) is 0 Å². The lowest BCUT2D eigenvalue weighted by molar-refractivity contribution is 0.229. The van der Waals surface area contributed by atoms with Gasteiger partial charge in [0.1, 0.15) is 0 Å². The molecule has 0 amide bonds. The molecule has 0 saturated carbocycles. The number of para-hydroxylation sites is 1. The summed E-state index contributed by atoms with van der Waals surface area (Å²) in [6.45, 7) is 7.00. The van der Waals surface area contributed by atoms with Crippen LogP contribution in [0.2, 0.25) is 0 Å². The maximum atomic E-state index is 3.62. The number of anilines is 1. The molecule has 0 aromatic heterocycles. The first-order valence-corrected chi connectivity index (χ1v) is 8.21. The van der Waals surface area contributed by atoms with Crippen molar-refractivity contribution in [1.29, 1.82) is 0 Å². The van der Waals surface area contributed by atoms with Gasteiger partial charge in [-0.3, -0.25) is 0 Å². The molecule has 2 heterocycles. The second-order valence-corrected chi connectivity index (χ2v) is 6.06. The molecule has 2 N–H and O–H groups in total. The number of benzene rings is 1. The highest BCUT2D eigenvalue weighted by atomic mass is 15.1. The molecular formula is C17H27N3. The van der Waals surface area contributed by atoms with Gasteiger partial charge in [-0.25, -0.2) is 0 Å². The monoisotopic (exact) mass is 273 g/mol. The van der Waals surface area contributed by atoms with E-state index in [-0.39, 0.29) is 0 Å². The molecule has 3 rings (SSSR count). The van der Waals surface area contributed by atoms with E-state index in [2.05, 4.69) is 33.7 Å². The molecule has 2 aliphatic rings. The number of hydrogen-bond acceptors (Lipinski definition) is 3. The fourth-order valence-corrected chi connectivity index (χ4v) is 3.37. The van der Waals surface area contributed by atoms with Crippen molar-refractivity contribution < 1.29 is 0 Å². The Labute approximate surface area is 122 Å². The molecule has 1 aromatic carbocycles. The first-order chi connectivity index (χ1) is 9.93. The topological polar surface area (TPSA) is 27.3 Å². The Hall–Kier alpha value is -1.06. The normalized spacial score (nSPS) is 19.4. The molecule has 1 aromatic rings. The molecule has 1 fully saturated rings. The summed E-state index contributed by atoms with van der Waals surface area (Å²) in [7, 11) is 0. The minimum absolute atomic E-state index is 0.990. The lowest BCUT2D eigenvalue weighted by Crippen LogP contribution is -2.35. The van der Waals surface area contributed by atoms with Crippen molar-refractivity contribution in [1.82, 2.24) is 10.2 Å². The van der Waals surface area contributed by atoms with E-state index in [1.807, 2.05) is 0 Å². The highest BCUT2D eigenvalue weighted by Crippen LogP contribution is 2.25. The number of aryl methyl sites for hydroxylation is 1. The number of likely N-dealkylation sites (tertiary alicyclic amines) is 1. The van der Waals surface area contributed by atoms with Crippen LogP contribution in [0, 0.1) is 0 Å². The van der Waals surface area contributed by atoms with E-state index in [9.17, 15) is 0 Å². The van der Waals surface area contributed by atoms with Crippen molar-refractivity contribution in [2.45, 2.75) is 38.6 Å². The molecule has 0 bridgehead atoms. The van der Waals surface area contributed by atoms with E-state index < -0.39 is 0 Å². The van der Waals surface area contributed by atoms with Gasteiger partial charge < -0.3 is 15.5 Å². The number of rotatable bonds is 5. The van der Waals surface area contributed by atoms with Gasteiger partial charge in [0.2, 0.25) is 0 Å². The average molecular weight is 273 g/mol. The highest BCUT2D eigenvalue weighted by Gasteiger charge is 2.12. The SMILES string of the molecule is c1cc2c(c(CNCCN3CCCCC3)c1)NCCC2. The average Bonchev–Trinajstić information content (AvgIpc) is 2.53. The minimum atomic E-state index is 0.990. The summed E-state index contributed by atoms with van der Waals surface area (Å²) < 4.78 is 0. The Morgan fingerprint density at radius 1 is 1.10 bits per heavy atom. The van der Waals surface area contributed by atoms with Crippen LogP contribution in [0.5, 0.6) is 0 Å². The van der Waals surface area contributed by atoms with E-state index in [0.29, 0.717) is 0 Å². The molecule has 20 heavy (non-hydrogen) atoms. The molecule has 0 radical (unpaired) electrons. The van der Waals surface area contributed by atoms with Crippen LogP contribution in [0.25, 0.3) is 0 Å². The molecule has 2 aliphatic heterocycles. The predicted molar refractivity (Wildman–Crippen MR) is 85.3 cm³/mol. The van der Waals surface area contributed by atoms with Gasteiger partial charge >= 0.3 is 0 Å². The van der Waals surface area contributed by atoms with Crippen molar-refractivity contribution in [3.05, 3.63) is 29.3 Å². The number of piperidine rings is 1. The summed E-state index contributed by atoms with van der Waals surface area (Å²) >= 11 is 0. The zero-order valence-electron chi connectivity index (χ0n) is 12.5. The maximum absolute atomic E-state index is 3.62. The summed E-state index contributed by atoms with van der Waals surface area (Å²) in [6.07, 6.45) is 6.68. The summed E-state index contributed by atoms with van der Waals surface area (Å²) in [5.74, 6) is 0. The molecule has 1 saturated heterocycles. The number of nitrogens with one attached hydrogen (secondary N) is 2. The van der Waals surface area contributed by atoms with Gasteiger partial charge in [-0.15, -0.1) is 0 Å². The Balaban J connectivity index is 1.46. The van der Waals surface area contributed by atoms with Gasteiger partial charge in [-0.05, 0) is 49.9 Å². The Kier molecular flexibility index (Phi) is 4.93. The number of fused-ring (bicyclic) bond motifs is 1. The minimum Gasteiger partial charge on any atom is -0.385 e. The summed E-state index contributed by atoms with van der Waals surface area (Å²) in [5, 5.41) is 7.19. The molecule has 0 spiro atoms. The second kappa shape index (κ2) is 7.09. The molecule has 110 valence electrons. The third kappa shape index (κ3) is 3.53.